The van der Waals surface area contributed by atoms with E-state index in [0.29, 0.717) is 32.6 Å². The van der Waals surface area contributed by atoms with E-state index in [1.807, 2.05) is 52.3 Å². The third-order valence-corrected chi connectivity index (χ3v) is 6.43. The van der Waals surface area contributed by atoms with Gasteiger partial charge in [-0.15, -0.1) is 0 Å². The molecule has 1 aliphatic carbocycles. The van der Waals surface area contributed by atoms with Crippen molar-refractivity contribution < 1.29 is 9.59 Å². The summed E-state index contributed by atoms with van der Waals surface area (Å²) in [5.74, 6) is 1.08. The van der Waals surface area contributed by atoms with Crippen LogP contribution in [0.3, 0.4) is 0 Å². The van der Waals surface area contributed by atoms with E-state index < -0.39 is 0 Å². The van der Waals surface area contributed by atoms with Crippen molar-refractivity contribution in [2.24, 2.45) is 5.92 Å². The first-order chi connectivity index (χ1) is 13.7. The van der Waals surface area contributed by atoms with E-state index in [4.69, 9.17) is 0 Å². The zero-order chi connectivity index (χ0) is 19.3. The molecular formula is C24H30N2O2. The average molecular weight is 379 g/mol. The van der Waals surface area contributed by atoms with Crippen LogP contribution in [0.5, 0.6) is 0 Å². The normalized spacial score (nSPS) is 18.4. The number of carbonyl (C=O) groups is 2. The van der Waals surface area contributed by atoms with Crippen molar-refractivity contribution in [3.05, 3.63) is 48.0 Å². The largest absolute Gasteiger partial charge is 0.339 e. The number of nitrogens with zero attached hydrogens (tertiary/aromatic N) is 2. The topological polar surface area (TPSA) is 40.6 Å². The van der Waals surface area contributed by atoms with Crippen molar-refractivity contribution in [3.63, 3.8) is 0 Å². The predicted octanol–water partition coefficient (Wildman–Crippen LogP) is 4.48. The van der Waals surface area contributed by atoms with Crippen LogP contribution in [-0.4, -0.2) is 47.8 Å². The van der Waals surface area contributed by atoms with Gasteiger partial charge >= 0.3 is 0 Å². The summed E-state index contributed by atoms with van der Waals surface area (Å²) in [7, 11) is 0. The van der Waals surface area contributed by atoms with Crippen molar-refractivity contribution >= 4 is 22.6 Å². The second kappa shape index (κ2) is 8.76. The number of rotatable bonds is 4. The average Bonchev–Trinajstić information content (AvgIpc) is 2.77. The SMILES string of the molecule is O=C(CCC1CCCCC1)N1CCN(C(=O)c2cccc3ccccc23)CC1. The van der Waals surface area contributed by atoms with Crippen molar-refractivity contribution in [1.29, 1.82) is 0 Å². The van der Waals surface area contributed by atoms with Gasteiger partial charge in [-0.2, -0.15) is 0 Å². The molecule has 4 nitrogen and oxygen atoms in total. The van der Waals surface area contributed by atoms with E-state index >= 15 is 0 Å². The molecule has 0 aromatic heterocycles. The van der Waals surface area contributed by atoms with Crippen molar-refractivity contribution in [3.8, 4) is 0 Å². The molecule has 2 amide bonds. The van der Waals surface area contributed by atoms with Crippen molar-refractivity contribution in [2.45, 2.75) is 44.9 Å². The zero-order valence-corrected chi connectivity index (χ0v) is 16.6. The Kier molecular flexibility index (Phi) is 5.94. The Bertz CT molecular complexity index is 828. The highest BCUT2D eigenvalue weighted by Gasteiger charge is 2.26. The van der Waals surface area contributed by atoms with Gasteiger partial charge in [-0.1, -0.05) is 68.5 Å². The first-order valence-electron chi connectivity index (χ1n) is 10.8. The summed E-state index contributed by atoms with van der Waals surface area (Å²) in [5, 5.41) is 2.09. The quantitative estimate of drug-likeness (QED) is 0.787. The fraction of sp³-hybridized carbons (Fsp3) is 0.500. The van der Waals surface area contributed by atoms with Crippen LogP contribution in [0.2, 0.25) is 0 Å². The molecule has 2 fully saturated rings. The molecule has 0 bridgehead atoms. The van der Waals surface area contributed by atoms with Crippen LogP contribution < -0.4 is 0 Å². The molecule has 0 N–H and O–H groups in total. The summed E-state index contributed by atoms with van der Waals surface area (Å²) < 4.78 is 0. The minimum absolute atomic E-state index is 0.0751. The second-order valence-corrected chi connectivity index (χ2v) is 8.24. The molecule has 4 heteroatoms. The Morgan fingerprint density at radius 1 is 0.821 bits per heavy atom. The van der Waals surface area contributed by atoms with Crippen LogP contribution in [0, 0.1) is 5.92 Å². The fourth-order valence-corrected chi connectivity index (χ4v) is 4.70. The first-order valence-corrected chi connectivity index (χ1v) is 10.8. The summed E-state index contributed by atoms with van der Waals surface area (Å²) in [6, 6.07) is 13.9. The van der Waals surface area contributed by atoms with E-state index in [2.05, 4.69) is 0 Å². The molecule has 4 rings (SSSR count). The molecule has 2 aromatic carbocycles. The van der Waals surface area contributed by atoms with Gasteiger partial charge in [0.15, 0.2) is 0 Å². The van der Waals surface area contributed by atoms with Crippen molar-refractivity contribution in [2.75, 3.05) is 26.2 Å². The number of piperazine rings is 1. The van der Waals surface area contributed by atoms with Gasteiger partial charge in [-0.05, 0) is 29.2 Å². The second-order valence-electron chi connectivity index (χ2n) is 8.24. The van der Waals surface area contributed by atoms with E-state index in [0.717, 1.165) is 28.7 Å². The molecule has 2 aromatic rings. The number of hydrogen-bond acceptors (Lipinski definition) is 2. The molecule has 1 saturated carbocycles. The third-order valence-electron chi connectivity index (χ3n) is 6.43. The van der Waals surface area contributed by atoms with E-state index in [1.165, 1.54) is 32.1 Å². The van der Waals surface area contributed by atoms with Gasteiger partial charge in [0.05, 0.1) is 0 Å². The van der Waals surface area contributed by atoms with Crippen LogP contribution in [0.15, 0.2) is 42.5 Å². The highest BCUT2D eigenvalue weighted by Crippen LogP contribution is 2.27. The third kappa shape index (κ3) is 4.21. The molecule has 2 aliphatic rings. The Hall–Kier alpha value is -2.36. The number of amides is 2. The minimum Gasteiger partial charge on any atom is -0.339 e. The number of hydrogen-bond donors (Lipinski definition) is 0. The van der Waals surface area contributed by atoms with Gasteiger partial charge < -0.3 is 9.80 Å². The molecule has 148 valence electrons. The smallest absolute Gasteiger partial charge is 0.254 e. The summed E-state index contributed by atoms with van der Waals surface area (Å²) in [6.45, 7) is 2.55. The highest BCUT2D eigenvalue weighted by molar-refractivity contribution is 6.07. The van der Waals surface area contributed by atoms with Gasteiger partial charge in [0, 0.05) is 38.2 Å². The number of carbonyl (C=O) groups excluding carboxylic acids is 2. The summed E-state index contributed by atoms with van der Waals surface area (Å²) in [5.41, 5.74) is 0.759. The molecular weight excluding hydrogens is 348 g/mol. The fourth-order valence-electron chi connectivity index (χ4n) is 4.70. The maximum Gasteiger partial charge on any atom is 0.254 e. The van der Waals surface area contributed by atoms with Crippen LogP contribution in [0.1, 0.15) is 55.3 Å². The van der Waals surface area contributed by atoms with Gasteiger partial charge in [-0.3, -0.25) is 9.59 Å². The maximum absolute atomic E-state index is 13.0. The molecule has 0 radical (unpaired) electrons. The Balaban J connectivity index is 1.32. The standard InChI is InChI=1S/C24H30N2O2/c27-23(14-13-19-7-2-1-3-8-19)25-15-17-26(18-16-25)24(28)22-12-6-10-20-9-4-5-11-21(20)22/h4-6,9-12,19H,1-3,7-8,13-18H2. The molecule has 0 spiro atoms. The molecule has 1 heterocycles. The number of fused-ring (bicyclic) bond motifs is 1. The summed E-state index contributed by atoms with van der Waals surface area (Å²) >= 11 is 0. The van der Waals surface area contributed by atoms with E-state index in [1.54, 1.807) is 0 Å². The van der Waals surface area contributed by atoms with Gasteiger partial charge in [0.2, 0.25) is 5.91 Å². The van der Waals surface area contributed by atoms with Crippen LogP contribution in [-0.2, 0) is 4.79 Å². The first kappa shape index (κ1) is 19.0. The molecule has 0 unspecified atom stereocenters. The summed E-state index contributed by atoms with van der Waals surface area (Å²) in [6.07, 6.45) is 8.30. The molecule has 28 heavy (non-hydrogen) atoms. The summed E-state index contributed by atoms with van der Waals surface area (Å²) in [4.78, 5) is 29.5. The Morgan fingerprint density at radius 2 is 1.50 bits per heavy atom. The highest BCUT2D eigenvalue weighted by atomic mass is 16.2. The van der Waals surface area contributed by atoms with Crippen molar-refractivity contribution in [1.82, 2.24) is 9.80 Å². The lowest BCUT2D eigenvalue weighted by Crippen LogP contribution is -2.50. The maximum atomic E-state index is 13.0. The van der Waals surface area contributed by atoms with E-state index in [9.17, 15) is 9.59 Å². The van der Waals surface area contributed by atoms with Crippen LogP contribution in [0.25, 0.3) is 10.8 Å². The predicted molar refractivity (Wildman–Crippen MR) is 112 cm³/mol. The van der Waals surface area contributed by atoms with Gasteiger partial charge in [0.1, 0.15) is 0 Å². The lowest BCUT2D eigenvalue weighted by Gasteiger charge is -2.35. The zero-order valence-electron chi connectivity index (χ0n) is 16.6. The molecule has 1 saturated heterocycles. The van der Waals surface area contributed by atoms with Gasteiger partial charge in [0.25, 0.3) is 5.91 Å². The van der Waals surface area contributed by atoms with Crippen LogP contribution in [0.4, 0.5) is 0 Å². The van der Waals surface area contributed by atoms with Gasteiger partial charge in [-0.25, -0.2) is 0 Å². The lowest BCUT2D eigenvalue weighted by atomic mass is 9.86. The number of benzene rings is 2. The molecule has 1 aliphatic heterocycles. The van der Waals surface area contributed by atoms with E-state index in [-0.39, 0.29) is 11.8 Å². The minimum atomic E-state index is 0.0751. The van der Waals surface area contributed by atoms with Crippen LogP contribution >= 0.6 is 0 Å². The Labute approximate surface area is 167 Å². The Morgan fingerprint density at radius 3 is 2.29 bits per heavy atom. The molecule has 0 atom stereocenters. The lowest BCUT2D eigenvalue weighted by molar-refractivity contribution is -0.133. The monoisotopic (exact) mass is 378 g/mol.